The summed E-state index contributed by atoms with van der Waals surface area (Å²) in [5.41, 5.74) is 7.70. The number of allylic oxidation sites excluding steroid dienone is 1. The Morgan fingerprint density at radius 2 is 1.59 bits per heavy atom. The summed E-state index contributed by atoms with van der Waals surface area (Å²) in [6.45, 7) is 20.7. The number of anilines is 1. The molecule has 0 radical (unpaired) electrons. The first-order chi connectivity index (χ1) is 16.5. The molecule has 0 bridgehead atoms. The van der Waals surface area contributed by atoms with Crippen LogP contribution >= 0.6 is 11.3 Å². The van der Waals surface area contributed by atoms with Crippen molar-refractivity contribution in [1.29, 1.82) is 0 Å². The van der Waals surface area contributed by atoms with Crippen molar-refractivity contribution in [2.45, 2.75) is 80.2 Å². The fraction of sp³-hybridized carbons (Fsp3) is 0.419. The smallest absolute Gasteiger partial charge is 0.0411 e. The van der Waals surface area contributed by atoms with Crippen LogP contribution < -0.4 is 10.6 Å². The van der Waals surface area contributed by atoms with Crippen molar-refractivity contribution < 1.29 is 0 Å². The van der Waals surface area contributed by atoms with Gasteiger partial charge in [0.25, 0.3) is 0 Å². The fourth-order valence-electron chi connectivity index (χ4n) is 3.67. The first-order valence-corrected chi connectivity index (χ1v) is 13.7. The Labute approximate surface area is 213 Å². The molecule has 2 aromatic carbocycles. The minimum absolute atomic E-state index is 0.548. The number of thiophene rings is 1. The average Bonchev–Trinajstić information content (AvgIpc) is 3.30. The van der Waals surface area contributed by atoms with E-state index in [-0.39, 0.29) is 0 Å². The van der Waals surface area contributed by atoms with Crippen molar-refractivity contribution >= 4 is 17.0 Å². The van der Waals surface area contributed by atoms with E-state index in [1.807, 2.05) is 39.0 Å². The zero-order valence-electron chi connectivity index (χ0n) is 22.5. The van der Waals surface area contributed by atoms with Crippen LogP contribution in [0.5, 0.6) is 0 Å². The summed E-state index contributed by atoms with van der Waals surface area (Å²) >= 11 is 1.87. The second-order valence-electron chi connectivity index (χ2n) is 8.22. The highest BCUT2D eigenvalue weighted by Gasteiger charge is 2.08. The molecule has 1 heterocycles. The fourth-order valence-corrected chi connectivity index (χ4v) is 4.63. The van der Waals surface area contributed by atoms with Gasteiger partial charge in [-0.3, -0.25) is 0 Å². The average molecular weight is 479 g/mol. The monoisotopic (exact) mass is 478 g/mol. The molecular weight excluding hydrogens is 432 g/mol. The molecule has 0 saturated heterocycles. The molecule has 2 nitrogen and oxygen atoms in total. The number of hydrogen-bond acceptors (Lipinski definition) is 3. The van der Waals surface area contributed by atoms with Gasteiger partial charge in [0, 0.05) is 35.3 Å². The van der Waals surface area contributed by atoms with Crippen molar-refractivity contribution in [1.82, 2.24) is 5.32 Å². The molecule has 3 rings (SSSR count). The molecule has 0 spiro atoms. The minimum atomic E-state index is 0.548. The first-order valence-electron chi connectivity index (χ1n) is 12.9. The Morgan fingerprint density at radius 1 is 0.941 bits per heavy atom. The Kier molecular flexibility index (Phi) is 14.9. The largest absolute Gasteiger partial charge is 0.359 e. The number of benzene rings is 2. The summed E-state index contributed by atoms with van der Waals surface area (Å²) in [5, 5.41) is 9.37. The van der Waals surface area contributed by atoms with E-state index in [1.54, 1.807) is 0 Å². The van der Waals surface area contributed by atoms with E-state index in [4.69, 9.17) is 0 Å². The molecule has 0 aliphatic heterocycles. The minimum Gasteiger partial charge on any atom is -0.359 e. The second kappa shape index (κ2) is 17.1. The van der Waals surface area contributed by atoms with Gasteiger partial charge in [0.05, 0.1) is 0 Å². The molecule has 0 fully saturated rings. The predicted octanol–water partition coefficient (Wildman–Crippen LogP) is 9.26. The molecule has 1 aromatic heterocycles. The molecular formula is C31H46N2S. The number of rotatable bonds is 11. The SMILES string of the molecule is C=C(CCCc1ccccc1CNCC(C)c1cc(C)cs1)Nc1ccccc1C.CC.CC. The quantitative estimate of drug-likeness (QED) is 0.287. The maximum absolute atomic E-state index is 4.22. The zero-order chi connectivity index (χ0) is 25.3. The third kappa shape index (κ3) is 10.3. The molecule has 0 amide bonds. The maximum Gasteiger partial charge on any atom is 0.0411 e. The van der Waals surface area contributed by atoms with E-state index in [1.165, 1.54) is 27.1 Å². The summed E-state index contributed by atoms with van der Waals surface area (Å²) in [6.07, 6.45) is 3.15. The lowest BCUT2D eigenvalue weighted by Gasteiger charge is -2.15. The van der Waals surface area contributed by atoms with Crippen LogP contribution in [0.15, 0.2) is 72.3 Å². The molecule has 34 heavy (non-hydrogen) atoms. The summed E-state index contributed by atoms with van der Waals surface area (Å²) in [6, 6.07) is 19.5. The number of aryl methyl sites for hydroxylation is 3. The van der Waals surface area contributed by atoms with Crippen molar-refractivity contribution in [3.05, 3.63) is 99.4 Å². The third-order valence-electron chi connectivity index (χ3n) is 5.50. The summed E-state index contributed by atoms with van der Waals surface area (Å²) < 4.78 is 0. The van der Waals surface area contributed by atoms with Gasteiger partial charge in [-0.25, -0.2) is 0 Å². The zero-order valence-corrected chi connectivity index (χ0v) is 23.3. The number of nitrogens with one attached hydrogen (secondary N) is 2. The van der Waals surface area contributed by atoms with Crippen LogP contribution in [0.25, 0.3) is 0 Å². The molecule has 0 aliphatic rings. The second-order valence-corrected chi connectivity index (χ2v) is 9.17. The topological polar surface area (TPSA) is 24.1 Å². The van der Waals surface area contributed by atoms with E-state index in [9.17, 15) is 0 Å². The van der Waals surface area contributed by atoms with Crippen LogP contribution in [-0.2, 0) is 13.0 Å². The van der Waals surface area contributed by atoms with Crippen LogP contribution in [0, 0.1) is 13.8 Å². The van der Waals surface area contributed by atoms with E-state index in [0.717, 1.165) is 43.7 Å². The summed E-state index contributed by atoms with van der Waals surface area (Å²) in [5.74, 6) is 0.548. The predicted molar refractivity (Wildman–Crippen MR) is 155 cm³/mol. The number of hydrogen-bond donors (Lipinski definition) is 2. The lowest BCUT2D eigenvalue weighted by atomic mass is 10.0. The lowest BCUT2D eigenvalue weighted by molar-refractivity contribution is 0.617. The van der Waals surface area contributed by atoms with E-state index < -0.39 is 0 Å². The Morgan fingerprint density at radius 3 is 2.24 bits per heavy atom. The Balaban J connectivity index is 0.00000137. The van der Waals surface area contributed by atoms with E-state index >= 15 is 0 Å². The standard InChI is InChI=1S/C27H34N2S.2C2H6/c1-20-16-27(30-19-20)22(3)17-28-18-25-13-7-6-12-24(25)14-9-11-23(4)29-26-15-8-5-10-21(26)2;2*1-2/h5-8,10,12-13,15-16,19,22,28-29H,4,9,11,14,17-18H2,1-3H3;2*1-2H3. The van der Waals surface area contributed by atoms with Gasteiger partial charge in [-0.15, -0.1) is 11.3 Å². The third-order valence-corrected chi connectivity index (χ3v) is 6.78. The van der Waals surface area contributed by atoms with Crippen molar-refractivity contribution in [2.75, 3.05) is 11.9 Å². The number of para-hydroxylation sites is 1. The normalized spacial score (nSPS) is 10.9. The van der Waals surface area contributed by atoms with Gasteiger partial charge >= 0.3 is 0 Å². The molecule has 2 N–H and O–H groups in total. The summed E-state index contributed by atoms with van der Waals surface area (Å²) in [7, 11) is 0. The van der Waals surface area contributed by atoms with Crippen LogP contribution in [0.3, 0.4) is 0 Å². The van der Waals surface area contributed by atoms with Crippen LogP contribution in [0.1, 0.15) is 80.5 Å². The molecule has 0 aliphatic carbocycles. The highest BCUT2D eigenvalue weighted by atomic mass is 32.1. The van der Waals surface area contributed by atoms with Crippen LogP contribution in [-0.4, -0.2) is 6.54 Å². The highest BCUT2D eigenvalue weighted by molar-refractivity contribution is 7.10. The lowest BCUT2D eigenvalue weighted by Crippen LogP contribution is -2.20. The molecule has 0 saturated carbocycles. The van der Waals surface area contributed by atoms with Gasteiger partial charge in [-0.2, -0.15) is 0 Å². The molecule has 1 atom stereocenters. The van der Waals surface area contributed by atoms with Crippen LogP contribution in [0.4, 0.5) is 5.69 Å². The van der Waals surface area contributed by atoms with Gasteiger partial charge in [0.1, 0.15) is 0 Å². The summed E-state index contributed by atoms with van der Waals surface area (Å²) in [4.78, 5) is 1.47. The van der Waals surface area contributed by atoms with Crippen LogP contribution in [0.2, 0.25) is 0 Å². The maximum atomic E-state index is 4.22. The molecule has 1 unspecified atom stereocenters. The van der Waals surface area contributed by atoms with Crippen molar-refractivity contribution in [3.63, 3.8) is 0 Å². The highest BCUT2D eigenvalue weighted by Crippen LogP contribution is 2.23. The van der Waals surface area contributed by atoms with Gasteiger partial charge in [0.15, 0.2) is 0 Å². The van der Waals surface area contributed by atoms with Gasteiger partial charge in [-0.1, -0.05) is 83.7 Å². The van der Waals surface area contributed by atoms with Crippen molar-refractivity contribution in [3.8, 4) is 0 Å². The van der Waals surface area contributed by atoms with Gasteiger partial charge < -0.3 is 10.6 Å². The Bertz CT molecular complexity index is 957. The van der Waals surface area contributed by atoms with E-state index in [2.05, 4.69) is 98.0 Å². The van der Waals surface area contributed by atoms with Crippen molar-refractivity contribution in [2.24, 2.45) is 0 Å². The first kappa shape index (κ1) is 29.7. The Hall–Kier alpha value is -2.36. The van der Waals surface area contributed by atoms with E-state index in [0.29, 0.717) is 5.92 Å². The molecule has 186 valence electrons. The molecule has 3 heteroatoms. The molecule has 3 aromatic rings. The van der Waals surface area contributed by atoms with Gasteiger partial charge in [0.2, 0.25) is 0 Å². The van der Waals surface area contributed by atoms with Gasteiger partial charge in [-0.05, 0) is 72.9 Å².